The van der Waals surface area contributed by atoms with Gasteiger partial charge in [0, 0.05) is 49.4 Å². The monoisotopic (exact) mass is 465 g/mol. The number of hydrogen-bond acceptors (Lipinski definition) is 7. The summed E-state index contributed by atoms with van der Waals surface area (Å²) >= 11 is 1.72. The van der Waals surface area contributed by atoms with Crippen LogP contribution >= 0.6 is 23.7 Å². The van der Waals surface area contributed by atoms with Gasteiger partial charge < -0.3 is 10.2 Å². The average Bonchev–Trinajstić information content (AvgIpc) is 3.46. The van der Waals surface area contributed by atoms with Crippen LogP contribution in [0.15, 0.2) is 30.6 Å². The molecule has 2 bridgehead atoms. The van der Waals surface area contributed by atoms with Crippen molar-refractivity contribution in [2.24, 2.45) is 7.05 Å². The Morgan fingerprint density at radius 2 is 2.00 bits per heavy atom. The number of benzene rings is 1. The summed E-state index contributed by atoms with van der Waals surface area (Å²) in [6.45, 7) is 0. The molecule has 5 heterocycles. The van der Waals surface area contributed by atoms with Gasteiger partial charge in [-0.15, -0.1) is 12.4 Å². The minimum absolute atomic E-state index is 0. The van der Waals surface area contributed by atoms with Crippen molar-refractivity contribution in [3.8, 4) is 17.3 Å². The molecule has 0 spiro atoms. The molecule has 3 atom stereocenters. The fourth-order valence-corrected chi connectivity index (χ4v) is 6.12. The fraction of sp³-hybridized carbons (Fsp3) is 0.391. The van der Waals surface area contributed by atoms with Crippen molar-refractivity contribution in [3.63, 3.8) is 0 Å². The number of fused-ring (bicyclic) bond motifs is 4. The fourth-order valence-electron chi connectivity index (χ4n) is 5.12. The molecule has 7 nitrogen and oxygen atoms in total. The van der Waals surface area contributed by atoms with Crippen molar-refractivity contribution in [2.75, 3.05) is 11.9 Å². The predicted octanol–water partition coefficient (Wildman–Crippen LogP) is 4.26. The van der Waals surface area contributed by atoms with E-state index in [2.05, 4.69) is 45.5 Å². The zero-order valence-electron chi connectivity index (χ0n) is 17.9. The summed E-state index contributed by atoms with van der Waals surface area (Å²) in [4.78, 5) is 11.9. The van der Waals surface area contributed by atoms with Gasteiger partial charge in [-0.2, -0.15) is 10.4 Å². The highest BCUT2D eigenvalue weighted by Crippen LogP contribution is 2.36. The number of nitrogens with one attached hydrogen (secondary N) is 1. The Bertz CT molecular complexity index is 1340. The van der Waals surface area contributed by atoms with Gasteiger partial charge in [0.25, 0.3) is 0 Å². The normalized spacial score (nSPS) is 22.1. The van der Waals surface area contributed by atoms with Crippen LogP contribution in [-0.4, -0.2) is 44.9 Å². The summed E-state index contributed by atoms with van der Waals surface area (Å²) < 4.78 is 2.86. The Labute approximate surface area is 196 Å². The first kappa shape index (κ1) is 21.1. The van der Waals surface area contributed by atoms with Gasteiger partial charge in [-0.3, -0.25) is 9.67 Å². The van der Waals surface area contributed by atoms with E-state index in [0.717, 1.165) is 37.5 Å². The summed E-state index contributed by atoms with van der Waals surface area (Å²) in [5.41, 5.74) is 4.01. The summed E-state index contributed by atoms with van der Waals surface area (Å²) in [5, 5.41) is 19.7. The van der Waals surface area contributed by atoms with Crippen molar-refractivity contribution in [1.82, 2.24) is 25.1 Å². The summed E-state index contributed by atoms with van der Waals surface area (Å²) in [6.07, 6.45) is 8.76. The van der Waals surface area contributed by atoms with Crippen molar-refractivity contribution in [2.45, 2.75) is 43.8 Å². The number of halogens is 1. The molecule has 32 heavy (non-hydrogen) atoms. The molecule has 0 saturated carbocycles. The Kier molecular flexibility index (Phi) is 5.28. The lowest BCUT2D eigenvalue weighted by atomic mass is 9.99. The van der Waals surface area contributed by atoms with Gasteiger partial charge in [0.2, 0.25) is 0 Å². The first-order valence-corrected chi connectivity index (χ1v) is 11.5. The first-order valence-electron chi connectivity index (χ1n) is 10.7. The highest BCUT2D eigenvalue weighted by atomic mass is 35.5. The average molecular weight is 466 g/mol. The Morgan fingerprint density at radius 1 is 1.22 bits per heavy atom. The van der Waals surface area contributed by atoms with E-state index in [0.29, 0.717) is 23.7 Å². The van der Waals surface area contributed by atoms with Crippen molar-refractivity contribution in [3.05, 3.63) is 36.2 Å². The maximum atomic E-state index is 9.58. The van der Waals surface area contributed by atoms with Crippen LogP contribution in [-0.2, 0) is 7.05 Å². The summed E-state index contributed by atoms with van der Waals surface area (Å²) in [5.74, 6) is 0. The molecular weight excluding hydrogens is 442 g/mol. The molecule has 4 aromatic rings. The van der Waals surface area contributed by atoms with Gasteiger partial charge in [-0.25, -0.2) is 4.98 Å². The third-order valence-corrected chi connectivity index (χ3v) is 7.81. The molecule has 2 saturated heterocycles. The molecule has 9 heteroatoms. The van der Waals surface area contributed by atoms with Crippen molar-refractivity contribution >= 4 is 50.0 Å². The molecule has 1 N–H and O–H groups in total. The molecule has 2 fully saturated rings. The Balaban J connectivity index is 0.00000216. The highest BCUT2D eigenvalue weighted by Gasteiger charge is 2.35. The van der Waals surface area contributed by atoms with Crippen LogP contribution in [0, 0.1) is 11.3 Å². The molecule has 0 aliphatic carbocycles. The molecule has 0 radical (unpaired) electrons. The molecule has 0 unspecified atom stereocenters. The quantitative estimate of drug-likeness (QED) is 0.486. The van der Waals surface area contributed by atoms with Gasteiger partial charge in [0.15, 0.2) is 5.13 Å². The van der Waals surface area contributed by atoms with Crippen molar-refractivity contribution < 1.29 is 0 Å². The Morgan fingerprint density at radius 3 is 2.75 bits per heavy atom. The number of piperidine rings is 1. The molecule has 0 amide bonds. The molecule has 164 valence electrons. The standard InChI is InChI=1S/C23H23N7S.ClH/c1-29-12-15-6-13(5-14(10-24)22(15)28-29)19-9-21-20(11-25-19)27-23(31-21)30(2)18-7-16-3-4-17(8-18)26-16;/h5-6,9,11-12,16-18,26H,3-4,7-8H2,1-2H3;1H/t16-,17+,18-;. The molecular formula is C23H24ClN7S. The second-order valence-corrected chi connectivity index (χ2v) is 9.79. The number of anilines is 1. The van der Waals surface area contributed by atoms with Crippen LogP contribution in [0.1, 0.15) is 31.2 Å². The smallest absolute Gasteiger partial charge is 0.186 e. The number of nitriles is 1. The van der Waals surface area contributed by atoms with E-state index >= 15 is 0 Å². The van der Waals surface area contributed by atoms with Crippen LogP contribution < -0.4 is 10.2 Å². The van der Waals surface area contributed by atoms with Crippen LogP contribution in [0.3, 0.4) is 0 Å². The van der Waals surface area contributed by atoms with Crippen LogP contribution in [0.2, 0.25) is 0 Å². The Hall–Kier alpha value is -2.73. The predicted molar refractivity (Wildman–Crippen MR) is 130 cm³/mol. The molecule has 2 aliphatic rings. The van der Waals surface area contributed by atoms with E-state index in [9.17, 15) is 5.26 Å². The maximum absolute atomic E-state index is 9.58. The van der Waals surface area contributed by atoms with Gasteiger partial charge in [0.05, 0.1) is 22.2 Å². The molecule has 2 aliphatic heterocycles. The zero-order valence-corrected chi connectivity index (χ0v) is 19.6. The number of rotatable bonds is 3. The second-order valence-electron chi connectivity index (χ2n) is 8.78. The third kappa shape index (κ3) is 3.51. The van der Waals surface area contributed by atoms with E-state index in [1.54, 1.807) is 16.0 Å². The number of hydrogen-bond donors (Lipinski definition) is 1. The van der Waals surface area contributed by atoms with Crippen LogP contribution in [0.25, 0.3) is 32.4 Å². The van der Waals surface area contributed by atoms with Gasteiger partial charge >= 0.3 is 0 Å². The molecule has 3 aromatic heterocycles. The van der Waals surface area contributed by atoms with Crippen LogP contribution in [0.5, 0.6) is 0 Å². The first-order chi connectivity index (χ1) is 15.1. The number of nitrogens with zero attached hydrogens (tertiary/aromatic N) is 6. The number of pyridine rings is 1. The topological polar surface area (TPSA) is 82.7 Å². The maximum Gasteiger partial charge on any atom is 0.186 e. The zero-order chi connectivity index (χ0) is 21.1. The highest BCUT2D eigenvalue weighted by molar-refractivity contribution is 7.22. The number of aryl methyl sites for hydroxylation is 1. The number of aromatic nitrogens is 4. The third-order valence-electron chi connectivity index (χ3n) is 6.70. The van der Waals surface area contributed by atoms with E-state index in [4.69, 9.17) is 4.98 Å². The molecule has 6 rings (SSSR count). The van der Waals surface area contributed by atoms with E-state index in [-0.39, 0.29) is 12.4 Å². The van der Waals surface area contributed by atoms with Gasteiger partial charge in [0.1, 0.15) is 17.1 Å². The lowest BCUT2D eigenvalue weighted by molar-refractivity contribution is 0.354. The SMILES string of the molecule is CN(c1nc2cnc(-c3cc(C#N)c4nn(C)cc4c3)cc2s1)[C@@H]1C[C@H]2CC[C@@H](C1)N2.Cl. The van der Waals surface area contributed by atoms with Gasteiger partial charge in [-0.1, -0.05) is 11.3 Å². The lowest BCUT2D eigenvalue weighted by Crippen LogP contribution is -2.47. The van der Waals surface area contributed by atoms with E-state index < -0.39 is 0 Å². The summed E-state index contributed by atoms with van der Waals surface area (Å²) in [7, 11) is 4.05. The van der Waals surface area contributed by atoms with E-state index in [1.807, 2.05) is 25.5 Å². The second kappa shape index (κ2) is 8.00. The lowest BCUT2D eigenvalue weighted by Gasteiger charge is -2.35. The summed E-state index contributed by atoms with van der Waals surface area (Å²) in [6, 6.07) is 10.2. The number of thiazole rings is 1. The minimum atomic E-state index is 0. The van der Waals surface area contributed by atoms with Gasteiger partial charge in [-0.05, 0) is 43.9 Å². The van der Waals surface area contributed by atoms with E-state index in [1.165, 1.54) is 25.7 Å². The van der Waals surface area contributed by atoms with Crippen molar-refractivity contribution in [1.29, 1.82) is 5.26 Å². The largest absolute Gasteiger partial charge is 0.348 e. The molecule has 1 aromatic carbocycles. The minimum Gasteiger partial charge on any atom is -0.348 e. The van der Waals surface area contributed by atoms with Crippen LogP contribution in [0.4, 0.5) is 5.13 Å².